The van der Waals surface area contributed by atoms with Crippen molar-refractivity contribution >= 4 is 5.96 Å². The Morgan fingerprint density at radius 3 is 2.39 bits per heavy atom. The van der Waals surface area contributed by atoms with Crippen molar-refractivity contribution in [1.29, 1.82) is 0 Å². The SMILES string of the molecule is CCNC(=NCc1ccc(CN2CCN(C)CC2)cc1)NCCCn1nc(C)cc1C. The van der Waals surface area contributed by atoms with Gasteiger partial charge in [-0.05, 0) is 51.4 Å². The van der Waals surface area contributed by atoms with Gasteiger partial charge in [-0.25, -0.2) is 4.99 Å². The van der Waals surface area contributed by atoms with Gasteiger partial charge in [0.2, 0.25) is 0 Å². The molecule has 0 amide bonds. The summed E-state index contributed by atoms with van der Waals surface area (Å²) in [6, 6.07) is 11.0. The zero-order valence-corrected chi connectivity index (χ0v) is 19.7. The molecule has 0 saturated carbocycles. The zero-order valence-electron chi connectivity index (χ0n) is 19.7. The van der Waals surface area contributed by atoms with Gasteiger partial charge in [0, 0.05) is 58.1 Å². The number of hydrogen-bond acceptors (Lipinski definition) is 4. The molecule has 1 aliphatic heterocycles. The summed E-state index contributed by atoms with van der Waals surface area (Å²) in [7, 11) is 2.20. The molecule has 2 N–H and O–H groups in total. The fourth-order valence-corrected chi connectivity index (χ4v) is 3.86. The molecule has 0 aliphatic carbocycles. The van der Waals surface area contributed by atoms with Crippen LogP contribution in [0.1, 0.15) is 35.9 Å². The first-order valence-corrected chi connectivity index (χ1v) is 11.6. The minimum atomic E-state index is 0.682. The van der Waals surface area contributed by atoms with Crippen LogP contribution >= 0.6 is 0 Å². The molecule has 3 rings (SSSR count). The molecule has 31 heavy (non-hydrogen) atoms. The molecule has 7 heteroatoms. The third kappa shape index (κ3) is 7.67. The molecule has 2 aromatic rings. The number of hydrogen-bond donors (Lipinski definition) is 2. The highest BCUT2D eigenvalue weighted by Crippen LogP contribution is 2.10. The van der Waals surface area contributed by atoms with Crippen LogP contribution in [-0.2, 0) is 19.6 Å². The van der Waals surface area contributed by atoms with E-state index in [0.717, 1.165) is 70.4 Å². The lowest BCUT2D eigenvalue weighted by Crippen LogP contribution is -2.43. The number of rotatable bonds is 9. The van der Waals surface area contributed by atoms with Crippen LogP contribution in [0.2, 0.25) is 0 Å². The normalized spacial score (nSPS) is 15.9. The third-order valence-corrected chi connectivity index (χ3v) is 5.73. The minimum absolute atomic E-state index is 0.682. The van der Waals surface area contributed by atoms with Crippen molar-refractivity contribution in [2.45, 2.75) is 46.8 Å². The topological polar surface area (TPSA) is 60.7 Å². The second-order valence-corrected chi connectivity index (χ2v) is 8.52. The van der Waals surface area contributed by atoms with E-state index >= 15 is 0 Å². The van der Waals surface area contributed by atoms with Gasteiger partial charge in [0.1, 0.15) is 0 Å². The number of aryl methyl sites for hydroxylation is 3. The lowest BCUT2D eigenvalue weighted by Gasteiger charge is -2.32. The van der Waals surface area contributed by atoms with E-state index in [1.54, 1.807) is 0 Å². The van der Waals surface area contributed by atoms with E-state index in [1.165, 1.54) is 16.8 Å². The molecule has 1 saturated heterocycles. The molecule has 0 atom stereocenters. The number of nitrogens with zero attached hydrogens (tertiary/aromatic N) is 5. The Morgan fingerprint density at radius 2 is 1.74 bits per heavy atom. The van der Waals surface area contributed by atoms with Crippen LogP contribution in [0.15, 0.2) is 35.3 Å². The van der Waals surface area contributed by atoms with Crippen LogP contribution in [0.5, 0.6) is 0 Å². The highest BCUT2D eigenvalue weighted by Gasteiger charge is 2.13. The lowest BCUT2D eigenvalue weighted by atomic mass is 10.1. The van der Waals surface area contributed by atoms with Crippen molar-refractivity contribution < 1.29 is 0 Å². The van der Waals surface area contributed by atoms with Gasteiger partial charge < -0.3 is 15.5 Å². The molecule has 7 nitrogen and oxygen atoms in total. The molecule has 0 bridgehead atoms. The van der Waals surface area contributed by atoms with Crippen molar-refractivity contribution in [2.24, 2.45) is 4.99 Å². The van der Waals surface area contributed by atoms with Crippen LogP contribution in [-0.4, -0.2) is 71.9 Å². The molecular formula is C24H39N7. The van der Waals surface area contributed by atoms with Gasteiger partial charge in [0.05, 0.1) is 12.2 Å². The van der Waals surface area contributed by atoms with Crippen molar-refractivity contribution in [3.63, 3.8) is 0 Å². The van der Waals surface area contributed by atoms with Crippen LogP contribution in [0, 0.1) is 13.8 Å². The molecule has 0 unspecified atom stereocenters. The van der Waals surface area contributed by atoms with Gasteiger partial charge in [0.15, 0.2) is 5.96 Å². The zero-order chi connectivity index (χ0) is 22.1. The molecule has 1 aliphatic rings. The summed E-state index contributed by atoms with van der Waals surface area (Å²) in [4.78, 5) is 9.69. The number of nitrogens with one attached hydrogen (secondary N) is 2. The summed E-state index contributed by atoms with van der Waals surface area (Å²) < 4.78 is 2.07. The number of guanidine groups is 1. The van der Waals surface area contributed by atoms with E-state index < -0.39 is 0 Å². The smallest absolute Gasteiger partial charge is 0.191 e. The summed E-state index contributed by atoms with van der Waals surface area (Å²) in [6.07, 6.45) is 1.01. The van der Waals surface area contributed by atoms with Gasteiger partial charge >= 0.3 is 0 Å². The average Bonchev–Trinajstić information content (AvgIpc) is 3.09. The number of benzene rings is 1. The van der Waals surface area contributed by atoms with Gasteiger partial charge in [0.25, 0.3) is 0 Å². The Balaban J connectivity index is 1.44. The van der Waals surface area contributed by atoms with E-state index in [9.17, 15) is 0 Å². The third-order valence-electron chi connectivity index (χ3n) is 5.73. The van der Waals surface area contributed by atoms with Crippen LogP contribution in [0.3, 0.4) is 0 Å². The van der Waals surface area contributed by atoms with E-state index in [1.807, 2.05) is 6.92 Å². The number of aliphatic imine (C=N–C) groups is 1. The standard InChI is InChI=1S/C24H39N7/c1-5-25-24(26-11-6-12-31-21(3)17-20(2)28-31)27-18-22-7-9-23(10-8-22)19-30-15-13-29(4)14-16-30/h7-10,17H,5-6,11-16,18-19H2,1-4H3,(H2,25,26,27). The summed E-state index contributed by atoms with van der Waals surface area (Å²) in [5.41, 5.74) is 4.91. The first kappa shape index (κ1) is 23.3. The van der Waals surface area contributed by atoms with Crippen LogP contribution in [0.25, 0.3) is 0 Å². The van der Waals surface area contributed by atoms with Crippen LogP contribution in [0.4, 0.5) is 0 Å². The number of likely N-dealkylation sites (N-methyl/N-ethyl adjacent to an activating group) is 1. The Hall–Kier alpha value is -2.38. The van der Waals surface area contributed by atoms with Gasteiger partial charge in [-0.2, -0.15) is 5.10 Å². The first-order chi connectivity index (χ1) is 15.0. The van der Waals surface area contributed by atoms with Crippen molar-refractivity contribution in [2.75, 3.05) is 46.3 Å². The highest BCUT2D eigenvalue weighted by atomic mass is 15.3. The predicted octanol–water partition coefficient (Wildman–Crippen LogP) is 2.39. The summed E-state index contributed by atoms with van der Waals surface area (Å²) in [5.74, 6) is 0.873. The minimum Gasteiger partial charge on any atom is -0.357 e. The first-order valence-electron chi connectivity index (χ1n) is 11.6. The summed E-state index contributed by atoms with van der Waals surface area (Å²) in [6.45, 7) is 15.2. The second-order valence-electron chi connectivity index (χ2n) is 8.52. The van der Waals surface area contributed by atoms with Gasteiger partial charge in [-0.3, -0.25) is 9.58 Å². The lowest BCUT2D eigenvalue weighted by molar-refractivity contribution is 0.148. The Kier molecular flexibility index (Phi) is 8.91. The molecular weight excluding hydrogens is 386 g/mol. The number of piperazine rings is 1. The molecule has 2 heterocycles. The second kappa shape index (κ2) is 11.9. The van der Waals surface area contributed by atoms with Gasteiger partial charge in [-0.1, -0.05) is 24.3 Å². The van der Waals surface area contributed by atoms with Crippen molar-refractivity contribution in [3.8, 4) is 0 Å². The van der Waals surface area contributed by atoms with E-state index in [2.05, 4.69) is 81.4 Å². The molecule has 1 fully saturated rings. The maximum atomic E-state index is 4.76. The Morgan fingerprint density at radius 1 is 1.03 bits per heavy atom. The quantitative estimate of drug-likeness (QED) is 0.367. The van der Waals surface area contributed by atoms with E-state index in [-0.39, 0.29) is 0 Å². The average molecular weight is 426 g/mol. The molecule has 0 radical (unpaired) electrons. The molecule has 1 aromatic carbocycles. The predicted molar refractivity (Wildman–Crippen MR) is 128 cm³/mol. The molecule has 0 spiro atoms. The van der Waals surface area contributed by atoms with Crippen LogP contribution < -0.4 is 10.6 Å². The number of aromatic nitrogens is 2. The highest BCUT2D eigenvalue weighted by molar-refractivity contribution is 5.79. The Labute approximate surface area is 187 Å². The summed E-state index contributed by atoms with van der Waals surface area (Å²) in [5, 5.41) is 11.3. The summed E-state index contributed by atoms with van der Waals surface area (Å²) >= 11 is 0. The molecule has 1 aromatic heterocycles. The maximum absolute atomic E-state index is 4.76. The van der Waals surface area contributed by atoms with Crippen molar-refractivity contribution in [1.82, 2.24) is 30.2 Å². The Bertz CT molecular complexity index is 817. The maximum Gasteiger partial charge on any atom is 0.191 e. The molecule has 170 valence electrons. The van der Waals surface area contributed by atoms with Crippen molar-refractivity contribution in [3.05, 3.63) is 52.8 Å². The van der Waals surface area contributed by atoms with E-state index in [0.29, 0.717) is 6.54 Å². The largest absolute Gasteiger partial charge is 0.357 e. The fourth-order valence-electron chi connectivity index (χ4n) is 3.86. The fraction of sp³-hybridized carbons (Fsp3) is 0.583. The van der Waals surface area contributed by atoms with Gasteiger partial charge in [-0.15, -0.1) is 0 Å². The monoisotopic (exact) mass is 425 g/mol. The van der Waals surface area contributed by atoms with E-state index in [4.69, 9.17) is 4.99 Å².